The second-order valence-electron chi connectivity index (χ2n) is 6.49. The van der Waals surface area contributed by atoms with Gasteiger partial charge >= 0.3 is 12.4 Å². The van der Waals surface area contributed by atoms with Gasteiger partial charge in [-0.1, -0.05) is 12.1 Å². The summed E-state index contributed by atoms with van der Waals surface area (Å²) in [7, 11) is 1.33. The van der Waals surface area contributed by atoms with Crippen LogP contribution in [-0.4, -0.2) is 25.4 Å². The lowest BCUT2D eigenvalue weighted by molar-refractivity contribution is -0.143. The lowest BCUT2D eigenvalue weighted by atomic mass is 10.1. The third kappa shape index (κ3) is 7.03. The summed E-state index contributed by atoms with van der Waals surface area (Å²) in [4.78, 5) is 23.2. The molecule has 2 aromatic carbocycles. The number of hydrogen-bond acceptors (Lipinski definition) is 4. The summed E-state index contributed by atoms with van der Waals surface area (Å²) < 4.78 is 88.0. The van der Waals surface area contributed by atoms with Gasteiger partial charge in [0.25, 0.3) is 5.91 Å². The number of ether oxygens (including phenoxy) is 2. The first-order valence-electron chi connectivity index (χ1n) is 8.88. The SMILES string of the molecule is COc1ccc(/C=C/C(C)=O)cc1OCC(=O)Nc1cc(C(F)(F)F)cc(C(F)(F)F)c1. The predicted octanol–water partition coefficient (Wildman–Crippen LogP) is 5.35. The summed E-state index contributed by atoms with van der Waals surface area (Å²) in [5.74, 6) is -0.907. The minimum atomic E-state index is -5.04. The van der Waals surface area contributed by atoms with E-state index in [1.807, 2.05) is 5.32 Å². The van der Waals surface area contributed by atoms with Gasteiger partial charge in [0, 0.05) is 5.69 Å². The quantitative estimate of drug-likeness (QED) is 0.446. The van der Waals surface area contributed by atoms with Gasteiger partial charge in [-0.2, -0.15) is 26.3 Å². The maximum Gasteiger partial charge on any atom is 0.416 e. The van der Waals surface area contributed by atoms with E-state index in [1.165, 1.54) is 38.3 Å². The number of hydrogen-bond donors (Lipinski definition) is 1. The van der Waals surface area contributed by atoms with Crippen LogP contribution in [0.3, 0.4) is 0 Å². The van der Waals surface area contributed by atoms with Crippen molar-refractivity contribution in [2.75, 3.05) is 19.0 Å². The van der Waals surface area contributed by atoms with Crippen molar-refractivity contribution in [2.45, 2.75) is 19.3 Å². The summed E-state index contributed by atoms with van der Waals surface area (Å²) in [5.41, 5.74) is -3.28. The first-order valence-corrected chi connectivity index (χ1v) is 8.88. The summed E-state index contributed by atoms with van der Waals surface area (Å²) in [6, 6.07) is 5.28. The zero-order valence-electron chi connectivity index (χ0n) is 16.7. The van der Waals surface area contributed by atoms with Crippen LogP contribution >= 0.6 is 0 Å². The highest BCUT2D eigenvalue weighted by molar-refractivity contribution is 5.92. The van der Waals surface area contributed by atoms with E-state index < -0.39 is 41.7 Å². The van der Waals surface area contributed by atoms with Gasteiger partial charge in [-0.05, 0) is 48.9 Å². The Labute approximate surface area is 178 Å². The van der Waals surface area contributed by atoms with Gasteiger partial charge in [-0.3, -0.25) is 9.59 Å². The van der Waals surface area contributed by atoms with Crippen molar-refractivity contribution in [3.63, 3.8) is 0 Å². The van der Waals surface area contributed by atoms with E-state index >= 15 is 0 Å². The van der Waals surface area contributed by atoms with E-state index in [0.717, 1.165) is 0 Å². The molecule has 0 aromatic heterocycles. The number of alkyl halides is 6. The molecule has 0 aliphatic heterocycles. The molecule has 0 unspecified atom stereocenters. The topological polar surface area (TPSA) is 64.6 Å². The Balaban J connectivity index is 2.20. The molecule has 5 nitrogen and oxygen atoms in total. The van der Waals surface area contributed by atoms with Gasteiger partial charge in [-0.25, -0.2) is 0 Å². The number of nitrogens with one attached hydrogen (secondary N) is 1. The highest BCUT2D eigenvalue weighted by Gasteiger charge is 2.37. The van der Waals surface area contributed by atoms with E-state index in [-0.39, 0.29) is 23.3 Å². The smallest absolute Gasteiger partial charge is 0.416 e. The highest BCUT2D eigenvalue weighted by atomic mass is 19.4. The van der Waals surface area contributed by atoms with E-state index in [4.69, 9.17) is 9.47 Å². The van der Waals surface area contributed by atoms with Crippen LogP contribution < -0.4 is 14.8 Å². The van der Waals surface area contributed by atoms with Crippen LogP contribution in [-0.2, 0) is 21.9 Å². The molecule has 0 bridgehead atoms. The monoisotopic (exact) mass is 461 g/mol. The van der Waals surface area contributed by atoms with E-state index in [9.17, 15) is 35.9 Å². The number of carbonyl (C=O) groups is 2. The Hall–Kier alpha value is -3.50. The Morgan fingerprint density at radius 2 is 1.53 bits per heavy atom. The summed E-state index contributed by atoms with van der Waals surface area (Å²) in [6.07, 6.45) is -7.31. The molecule has 0 saturated carbocycles. The van der Waals surface area contributed by atoms with Crippen molar-refractivity contribution in [1.29, 1.82) is 0 Å². The lowest BCUT2D eigenvalue weighted by Gasteiger charge is -2.15. The van der Waals surface area contributed by atoms with Crippen LogP contribution in [0.25, 0.3) is 6.08 Å². The Kier molecular flexibility index (Phi) is 7.55. The minimum absolute atomic E-state index is 0.0446. The molecule has 172 valence electrons. The third-order valence-electron chi connectivity index (χ3n) is 3.93. The van der Waals surface area contributed by atoms with Crippen LogP contribution in [0.15, 0.2) is 42.5 Å². The fourth-order valence-corrected chi connectivity index (χ4v) is 2.49. The molecule has 2 aromatic rings. The second kappa shape index (κ2) is 9.75. The number of methoxy groups -OCH3 is 1. The van der Waals surface area contributed by atoms with Crippen molar-refractivity contribution in [3.8, 4) is 11.5 Å². The van der Waals surface area contributed by atoms with Gasteiger partial charge in [0.2, 0.25) is 0 Å². The van der Waals surface area contributed by atoms with Crippen molar-refractivity contribution in [3.05, 3.63) is 59.2 Å². The number of allylic oxidation sites excluding steroid dienone is 1. The zero-order chi connectivity index (χ0) is 24.1. The van der Waals surface area contributed by atoms with Crippen molar-refractivity contribution in [2.24, 2.45) is 0 Å². The number of anilines is 1. The minimum Gasteiger partial charge on any atom is -0.493 e. The molecular formula is C21H17F6NO4. The maximum atomic E-state index is 12.9. The molecule has 1 amide bonds. The summed E-state index contributed by atoms with van der Waals surface area (Å²) in [5, 5.41) is 1.97. The predicted molar refractivity (Wildman–Crippen MR) is 103 cm³/mol. The van der Waals surface area contributed by atoms with Crippen LogP contribution in [0.2, 0.25) is 0 Å². The van der Waals surface area contributed by atoms with Gasteiger partial charge < -0.3 is 14.8 Å². The normalized spacial score (nSPS) is 12.0. The number of ketones is 1. The molecule has 1 N–H and O–H groups in total. The van der Waals surface area contributed by atoms with Gasteiger partial charge in [0.15, 0.2) is 23.9 Å². The molecule has 0 saturated heterocycles. The van der Waals surface area contributed by atoms with Crippen molar-refractivity contribution in [1.82, 2.24) is 0 Å². The lowest BCUT2D eigenvalue weighted by Crippen LogP contribution is -2.21. The molecule has 0 spiro atoms. The first kappa shape index (κ1) is 24.8. The van der Waals surface area contributed by atoms with Crippen LogP contribution in [0.4, 0.5) is 32.0 Å². The molecular weight excluding hydrogens is 444 g/mol. The Morgan fingerprint density at radius 3 is 2.03 bits per heavy atom. The molecule has 0 fully saturated rings. The molecule has 0 heterocycles. The van der Waals surface area contributed by atoms with E-state index in [2.05, 4.69) is 0 Å². The van der Waals surface area contributed by atoms with Crippen LogP contribution in [0, 0.1) is 0 Å². The Bertz CT molecular complexity index is 996. The molecule has 11 heteroatoms. The molecule has 0 aliphatic rings. The summed E-state index contributed by atoms with van der Waals surface area (Å²) in [6.45, 7) is 0.619. The van der Waals surface area contributed by atoms with Gasteiger partial charge in [-0.15, -0.1) is 0 Å². The van der Waals surface area contributed by atoms with Crippen molar-refractivity contribution < 1.29 is 45.4 Å². The fourth-order valence-electron chi connectivity index (χ4n) is 2.49. The van der Waals surface area contributed by atoms with E-state index in [1.54, 1.807) is 6.07 Å². The standard InChI is InChI=1S/C21H17F6NO4/c1-12(29)3-4-13-5-6-17(31-2)18(7-13)32-11-19(30)28-16-9-14(20(22,23)24)8-15(10-16)21(25,26)27/h3-10H,11H2,1-2H3,(H,28,30)/b4-3+. The number of carbonyl (C=O) groups excluding carboxylic acids is 2. The number of rotatable bonds is 7. The average Bonchev–Trinajstić information content (AvgIpc) is 2.69. The van der Waals surface area contributed by atoms with Crippen molar-refractivity contribution >= 4 is 23.5 Å². The first-order chi connectivity index (χ1) is 14.8. The molecule has 2 rings (SSSR count). The third-order valence-corrected chi connectivity index (χ3v) is 3.93. The molecule has 32 heavy (non-hydrogen) atoms. The number of amides is 1. The Morgan fingerprint density at radius 1 is 0.938 bits per heavy atom. The molecule has 0 atom stereocenters. The van der Waals surface area contributed by atoms with Gasteiger partial charge in [0.05, 0.1) is 18.2 Å². The number of halogens is 6. The highest BCUT2D eigenvalue weighted by Crippen LogP contribution is 2.37. The average molecular weight is 461 g/mol. The largest absolute Gasteiger partial charge is 0.493 e. The van der Waals surface area contributed by atoms with Crippen LogP contribution in [0.1, 0.15) is 23.6 Å². The van der Waals surface area contributed by atoms with Crippen LogP contribution in [0.5, 0.6) is 11.5 Å². The summed E-state index contributed by atoms with van der Waals surface area (Å²) >= 11 is 0. The fraction of sp³-hybridized carbons (Fsp3) is 0.238. The van der Waals surface area contributed by atoms with E-state index in [0.29, 0.717) is 17.7 Å². The second-order valence-corrected chi connectivity index (χ2v) is 6.49. The zero-order valence-corrected chi connectivity index (χ0v) is 16.7. The molecule has 0 radical (unpaired) electrons. The van der Waals surface area contributed by atoms with Gasteiger partial charge in [0.1, 0.15) is 0 Å². The number of benzene rings is 2. The maximum absolute atomic E-state index is 12.9. The molecule has 0 aliphatic carbocycles.